The van der Waals surface area contributed by atoms with E-state index in [0.717, 1.165) is 68.3 Å². The minimum Gasteiger partial charge on any atom is -0.465 e. The Morgan fingerprint density at radius 2 is 1.59 bits per heavy atom. The largest absolute Gasteiger partial charge is 0.465 e. The highest BCUT2D eigenvalue weighted by molar-refractivity contribution is 6.00. The fourth-order valence-electron chi connectivity index (χ4n) is 6.47. The van der Waals surface area contributed by atoms with E-state index in [1.165, 1.54) is 20.0 Å². The second kappa shape index (κ2) is 15.1. The number of imidazole rings is 1. The lowest BCUT2D eigenvalue weighted by atomic mass is 9.92. The molecule has 0 radical (unpaired) electrons. The highest BCUT2D eigenvalue weighted by Crippen LogP contribution is 2.34. The number of urea groups is 1. The van der Waals surface area contributed by atoms with E-state index in [-0.39, 0.29) is 42.9 Å². The van der Waals surface area contributed by atoms with Crippen LogP contribution in [0.2, 0.25) is 0 Å². The van der Waals surface area contributed by atoms with Gasteiger partial charge in [-0.2, -0.15) is 9.97 Å². The Hall–Kier alpha value is -3.35. The van der Waals surface area contributed by atoms with E-state index in [1.54, 1.807) is 29.2 Å². The van der Waals surface area contributed by atoms with Gasteiger partial charge in [-0.3, -0.25) is 0 Å². The molecule has 0 atom stereocenters. The van der Waals surface area contributed by atoms with Crippen molar-refractivity contribution in [1.82, 2.24) is 24.4 Å². The van der Waals surface area contributed by atoms with Crippen molar-refractivity contribution in [2.24, 2.45) is 5.73 Å². The summed E-state index contributed by atoms with van der Waals surface area (Å²) >= 11 is 0. The van der Waals surface area contributed by atoms with Gasteiger partial charge in [0.2, 0.25) is 5.95 Å². The van der Waals surface area contributed by atoms with Crippen LogP contribution in [0.4, 0.5) is 22.2 Å². The van der Waals surface area contributed by atoms with E-state index < -0.39 is 5.97 Å². The summed E-state index contributed by atoms with van der Waals surface area (Å²) in [6, 6.07) is 7.77. The second-order valence-electron chi connectivity index (χ2n) is 11.8. The molecular weight excluding hydrogens is 605 g/mol. The summed E-state index contributed by atoms with van der Waals surface area (Å²) < 4.78 is 7.08. The van der Waals surface area contributed by atoms with Crippen LogP contribution in [0.3, 0.4) is 0 Å². The van der Waals surface area contributed by atoms with E-state index in [9.17, 15) is 9.59 Å². The third kappa shape index (κ3) is 7.47. The maximum absolute atomic E-state index is 13.0. The molecule has 0 unspecified atom stereocenters. The number of anilines is 3. The minimum absolute atomic E-state index is 0. The zero-order valence-corrected chi connectivity index (χ0v) is 26.7. The number of halogens is 2. The molecule has 3 aliphatic rings. The Labute approximate surface area is 270 Å². The lowest BCUT2D eigenvalue weighted by Crippen LogP contribution is -2.44. The van der Waals surface area contributed by atoms with Crippen LogP contribution in [0.1, 0.15) is 80.6 Å². The Morgan fingerprint density at radius 1 is 0.909 bits per heavy atom. The molecule has 2 aromatic heterocycles. The number of aromatic nitrogens is 4. The van der Waals surface area contributed by atoms with Gasteiger partial charge in [0.05, 0.1) is 24.7 Å². The number of esters is 1. The lowest BCUT2D eigenvalue weighted by Gasteiger charge is -2.33. The van der Waals surface area contributed by atoms with Gasteiger partial charge in [-0.25, -0.2) is 14.6 Å². The van der Waals surface area contributed by atoms with Gasteiger partial charge in [-0.15, -0.1) is 24.8 Å². The van der Waals surface area contributed by atoms with Gasteiger partial charge >= 0.3 is 12.0 Å². The van der Waals surface area contributed by atoms with Gasteiger partial charge in [-0.05, 0) is 63.5 Å². The third-order valence-corrected chi connectivity index (χ3v) is 8.94. The summed E-state index contributed by atoms with van der Waals surface area (Å²) in [7, 11) is 1.33. The van der Waals surface area contributed by atoms with Crippen molar-refractivity contribution >= 4 is 65.4 Å². The van der Waals surface area contributed by atoms with Crippen molar-refractivity contribution in [1.29, 1.82) is 0 Å². The summed E-state index contributed by atoms with van der Waals surface area (Å²) in [6.45, 7) is 1.14. The van der Waals surface area contributed by atoms with E-state index in [4.69, 9.17) is 25.4 Å². The first-order valence-electron chi connectivity index (χ1n) is 15.2. The standard InChI is InChI=1S/C30H41N9O3.2ClH/c1-42-28(40)23-8-4-5-9-24(23)35-30(41)38-16-14-21(15-17-38)33-26-25-27(39(18-32-25)22-6-2-3-7-22)37-29(36-26)34-20-12-10-19(31)11-13-20;;/h4-5,8-9,18-22H,2-3,6-7,10-17,31H2,1H3,(H,35,41)(H2,33,34,36,37);2*1H. The van der Waals surface area contributed by atoms with Gasteiger partial charge < -0.3 is 35.9 Å². The number of para-hydroxylation sites is 1. The normalized spacial score (nSPS) is 20.8. The molecule has 12 nitrogen and oxygen atoms in total. The summed E-state index contributed by atoms with van der Waals surface area (Å²) in [5, 5.41) is 10.1. The van der Waals surface area contributed by atoms with Crippen LogP contribution >= 0.6 is 24.8 Å². The molecule has 0 bridgehead atoms. The maximum Gasteiger partial charge on any atom is 0.339 e. The second-order valence-corrected chi connectivity index (χ2v) is 11.8. The maximum atomic E-state index is 13.0. The zero-order valence-electron chi connectivity index (χ0n) is 25.0. The molecule has 14 heteroatoms. The zero-order chi connectivity index (χ0) is 29.1. The van der Waals surface area contributed by atoms with E-state index >= 15 is 0 Å². The van der Waals surface area contributed by atoms with Gasteiger partial charge in [-0.1, -0.05) is 25.0 Å². The average Bonchev–Trinajstić information content (AvgIpc) is 3.69. The van der Waals surface area contributed by atoms with Crippen molar-refractivity contribution in [3.63, 3.8) is 0 Å². The molecule has 6 rings (SSSR count). The quantitative estimate of drug-likeness (QED) is 0.248. The summed E-state index contributed by atoms with van der Waals surface area (Å²) in [5.74, 6) is 0.884. The molecule has 2 amide bonds. The number of carbonyl (C=O) groups excluding carboxylic acids is 2. The number of methoxy groups -OCH3 is 1. The molecule has 3 fully saturated rings. The smallest absolute Gasteiger partial charge is 0.339 e. The van der Waals surface area contributed by atoms with Crippen molar-refractivity contribution in [2.75, 3.05) is 36.1 Å². The molecule has 44 heavy (non-hydrogen) atoms. The summed E-state index contributed by atoms with van der Waals surface area (Å²) in [4.78, 5) is 41.6. The van der Waals surface area contributed by atoms with Crippen LogP contribution in [-0.2, 0) is 4.74 Å². The number of piperidine rings is 1. The number of nitrogens with two attached hydrogens (primary N) is 1. The molecule has 0 spiro atoms. The molecule has 240 valence electrons. The van der Waals surface area contributed by atoms with Crippen molar-refractivity contribution in [2.45, 2.75) is 88.4 Å². The minimum atomic E-state index is -0.485. The average molecular weight is 649 g/mol. The molecule has 1 aliphatic heterocycles. The lowest BCUT2D eigenvalue weighted by molar-refractivity contribution is 0.0602. The number of carbonyl (C=O) groups is 2. The van der Waals surface area contributed by atoms with Gasteiger partial charge in [0.1, 0.15) is 0 Å². The number of nitrogens with zero attached hydrogens (tertiary/aromatic N) is 5. The Kier molecular flexibility index (Phi) is 11.5. The van der Waals surface area contributed by atoms with E-state index in [0.29, 0.717) is 42.4 Å². The number of amides is 2. The van der Waals surface area contributed by atoms with Crippen molar-refractivity contribution < 1.29 is 14.3 Å². The monoisotopic (exact) mass is 647 g/mol. The van der Waals surface area contributed by atoms with Crippen LogP contribution in [0.5, 0.6) is 0 Å². The predicted octanol–water partition coefficient (Wildman–Crippen LogP) is 5.36. The first-order chi connectivity index (χ1) is 20.5. The number of benzene rings is 1. The van der Waals surface area contributed by atoms with Crippen molar-refractivity contribution in [3.05, 3.63) is 36.2 Å². The fraction of sp³-hybridized carbons (Fsp3) is 0.567. The van der Waals surface area contributed by atoms with Crippen LogP contribution < -0.4 is 21.7 Å². The molecule has 3 heterocycles. The Morgan fingerprint density at radius 3 is 2.30 bits per heavy atom. The summed E-state index contributed by atoms with van der Waals surface area (Å²) in [6.07, 6.45) is 12.2. The number of rotatable bonds is 7. The van der Waals surface area contributed by atoms with Crippen molar-refractivity contribution in [3.8, 4) is 0 Å². The van der Waals surface area contributed by atoms with Crippen LogP contribution in [-0.4, -0.2) is 74.7 Å². The number of hydrogen-bond acceptors (Lipinski definition) is 9. The Bertz CT molecular complexity index is 1420. The predicted molar refractivity (Wildman–Crippen MR) is 176 cm³/mol. The summed E-state index contributed by atoms with van der Waals surface area (Å²) in [5.41, 5.74) is 8.56. The first-order valence-corrected chi connectivity index (χ1v) is 15.2. The topological polar surface area (TPSA) is 152 Å². The van der Waals surface area contributed by atoms with Gasteiger partial charge in [0, 0.05) is 37.3 Å². The fourth-order valence-corrected chi connectivity index (χ4v) is 6.47. The SMILES string of the molecule is COC(=O)c1ccccc1NC(=O)N1CCC(Nc2nc(NC3CCC(N)CC3)nc3c2ncn3C2CCCC2)CC1.Cl.Cl. The third-order valence-electron chi connectivity index (χ3n) is 8.94. The molecule has 1 saturated heterocycles. The Balaban J connectivity index is 0.00000221. The molecular formula is C30H43Cl2N9O3. The molecule has 2 saturated carbocycles. The van der Waals surface area contributed by atoms with Crippen LogP contribution in [0.15, 0.2) is 30.6 Å². The highest BCUT2D eigenvalue weighted by atomic mass is 35.5. The number of nitrogens with one attached hydrogen (secondary N) is 3. The first kappa shape index (κ1) is 33.5. The van der Waals surface area contributed by atoms with Crippen LogP contribution in [0.25, 0.3) is 11.2 Å². The molecule has 2 aliphatic carbocycles. The van der Waals surface area contributed by atoms with Crippen LogP contribution in [0, 0.1) is 0 Å². The van der Waals surface area contributed by atoms with E-state index in [1.807, 2.05) is 6.33 Å². The molecule has 5 N–H and O–H groups in total. The van der Waals surface area contributed by atoms with Gasteiger partial charge in [0.15, 0.2) is 17.0 Å². The molecule has 1 aromatic carbocycles. The number of fused-ring (bicyclic) bond motifs is 1. The number of hydrogen-bond donors (Lipinski definition) is 4. The molecule has 3 aromatic rings. The van der Waals surface area contributed by atoms with Gasteiger partial charge in [0.25, 0.3) is 0 Å². The number of ether oxygens (including phenoxy) is 1. The highest BCUT2D eigenvalue weighted by Gasteiger charge is 2.27. The number of likely N-dealkylation sites (tertiary alicyclic amines) is 1. The van der Waals surface area contributed by atoms with E-state index in [2.05, 4.69) is 20.5 Å².